The molecule has 3 aromatic rings. The van der Waals surface area contributed by atoms with Crippen LogP contribution in [0.5, 0.6) is 0 Å². The molecule has 2 N–H and O–H groups in total. The summed E-state index contributed by atoms with van der Waals surface area (Å²) in [7, 11) is 0. The third kappa shape index (κ3) is 2.69. The number of aromatic amines is 1. The number of nitrogens with zero attached hydrogens (tertiary/aromatic N) is 1. The van der Waals surface area contributed by atoms with E-state index in [4.69, 9.17) is 23.2 Å². The molecule has 2 aromatic carbocycles. The average molecular weight is 348 g/mol. The third-order valence-electron chi connectivity index (χ3n) is 3.95. The number of nitrogens with one attached hydrogen (secondary N) is 2. The maximum Gasteiger partial charge on any atom is 0.152 e. The van der Waals surface area contributed by atoms with Gasteiger partial charge in [-0.1, -0.05) is 23.2 Å². The molecule has 0 amide bonds. The van der Waals surface area contributed by atoms with Crippen LogP contribution in [0.2, 0.25) is 10.0 Å². The molecule has 0 spiro atoms. The van der Waals surface area contributed by atoms with Gasteiger partial charge in [-0.2, -0.15) is 5.10 Å². The minimum atomic E-state index is -0.218. The number of benzene rings is 2. The molecule has 0 atom stereocenters. The largest absolute Gasteiger partial charge is 0.364 e. The van der Waals surface area contributed by atoms with E-state index in [1.54, 1.807) is 18.2 Å². The number of rotatable bonds is 3. The lowest BCUT2D eigenvalue weighted by molar-refractivity contribution is 0.626. The smallest absolute Gasteiger partial charge is 0.152 e. The van der Waals surface area contributed by atoms with Gasteiger partial charge < -0.3 is 5.32 Å². The molecule has 0 saturated carbocycles. The normalized spacial score (nSPS) is 12.1. The molecule has 0 saturated heterocycles. The van der Waals surface area contributed by atoms with Gasteiger partial charge in [-0.25, -0.2) is 4.39 Å². The molecule has 0 bridgehead atoms. The van der Waals surface area contributed by atoms with Gasteiger partial charge in [0.15, 0.2) is 5.82 Å². The summed E-state index contributed by atoms with van der Waals surface area (Å²) in [5, 5.41) is 11.9. The van der Waals surface area contributed by atoms with Gasteiger partial charge in [-0.3, -0.25) is 5.10 Å². The molecule has 0 unspecified atom stereocenters. The van der Waals surface area contributed by atoms with Gasteiger partial charge >= 0.3 is 0 Å². The highest BCUT2D eigenvalue weighted by Crippen LogP contribution is 2.38. The van der Waals surface area contributed by atoms with Crippen LogP contribution in [0.4, 0.5) is 10.2 Å². The summed E-state index contributed by atoms with van der Waals surface area (Å²) in [6.45, 7) is 0.558. The summed E-state index contributed by atoms with van der Waals surface area (Å²) in [5.41, 5.74) is 4.96. The summed E-state index contributed by atoms with van der Waals surface area (Å²) in [6.07, 6.45) is 0.664. The summed E-state index contributed by atoms with van der Waals surface area (Å²) in [4.78, 5) is 0. The fraction of sp³-hybridized carbons (Fsp3) is 0.118. The van der Waals surface area contributed by atoms with Gasteiger partial charge in [0.1, 0.15) is 5.82 Å². The summed E-state index contributed by atoms with van der Waals surface area (Å²) in [6, 6.07) is 10.2. The van der Waals surface area contributed by atoms with E-state index in [1.807, 2.05) is 12.1 Å². The number of halogens is 3. The molecule has 0 radical (unpaired) electrons. The van der Waals surface area contributed by atoms with Crippen molar-refractivity contribution in [2.24, 2.45) is 0 Å². The van der Waals surface area contributed by atoms with Crippen LogP contribution in [0.15, 0.2) is 36.4 Å². The van der Waals surface area contributed by atoms with Gasteiger partial charge in [0, 0.05) is 34.1 Å². The lowest BCUT2D eigenvalue weighted by Gasteiger charge is -2.06. The molecular weight excluding hydrogens is 336 g/mol. The van der Waals surface area contributed by atoms with E-state index in [0.717, 1.165) is 33.8 Å². The summed E-state index contributed by atoms with van der Waals surface area (Å²) >= 11 is 12.0. The first-order valence-electron chi connectivity index (χ1n) is 7.15. The number of anilines is 1. The minimum absolute atomic E-state index is 0.218. The van der Waals surface area contributed by atoms with Crippen LogP contribution >= 0.6 is 23.2 Å². The van der Waals surface area contributed by atoms with Crippen molar-refractivity contribution in [3.63, 3.8) is 0 Å². The van der Waals surface area contributed by atoms with Crippen LogP contribution in [-0.4, -0.2) is 10.2 Å². The Hall–Kier alpha value is -2.04. The monoisotopic (exact) mass is 347 g/mol. The number of hydrogen-bond donors (Lipinski definition) is 2. The van der Waals surface area contributed by atoms with Crippen molar-refractivity contribution < 1.29 is 4.39 Å². The van der Waals surface area contributed by atoms with E-state index >= 15 is 0 Å². The van der Waals surface area contributed by atoms with E-state index in [1.165, 1.54) is 6.07 Å². The first-order valence-corrected chi connectivity index (χ1v) is 7.90. The van der Waals surface area contributed by atoms with Crippen molar-refractivity contribution in [2.45, 2.75) is 13.0 Å². The van der Waals surface area contributed by atoms with Crippen LogP contribution in [0.25, 0.3) is 11.3 Å². The second-order valence-corrected chi connectivity index (χ2v) is 6.41. The Kier molecular flexibility index (Phi) is 3.51. The van der Waals surface area contributed by atoms with Crippen molar-refractivity contribution >= 4 is 29.0 Å². The first-order chi connectivity index (χ1) is 11.1. The molecule has 1 aliphatic carbocycles. The molecule has 1 heterocycles. The van der Waals surface area contributed by atoms with Crippen molar-refractivity contribution in [3.8, 4) is 11.3 Å². The predicted octanol–water partition coefficient (Wildman–Crippen LogP) is 5.04. The van der Waals surface area contributed by atoms with E-state index < -0.39 is 0 Å². The molecular formula is C17H12Cl2FN3. The fourth-order valence-electron chi connectivity index (χ4n) is 2.95. The predicted molar refractivity (Wildman–Crippen MR) is 90.6 cm³/mol. The molecule has 23 heavy (non-hydrogen) atoms. The van der Waals surface area contributed by atoms with Crippen molar-refractivity contribution in [1.29, 1.82) is 0 Å². The van der Waals surface area contributed by atoms with Crippen LogP contribution in [0, 0.1) is 5.82 Å². The Labute approximate surface area is 142 Å². The Bertz CT molecular complexity index is 885. The van der Waals surface area contributed by atoms with E-state index in [9.17, 15) is 4.39 Å². The maximum atomic E-state index is 13.4. The zero-order valence-electron chi connectivity index (χ0n) is 12.0. The zero-order chi connectivity index (χ0) is 16.0. The Morgan fingerprint density at radius 2 is 1.91 bits per heavy atom. The minimum Gasteiger partial charge on any atom is -0.364 e. The van der Waals surface area contributed by atoms with Crippen molar-refractivity contribution in [1.82, 2.24) is 10.2 Å². The maximum absolute atomic E-state index is 13.4. The second-order valence-electron chi connectivity index (χ2n) is 5.54. The second kappa shape index (κ2) is 5.55. The van der Waals surface area contributed by atoms with Gasteiger partial charge in [0.2, 0.25) is 0 Å². The lowest BCUT2D eigenvalue weighted by atomic mass is 10.1. The van der Waals surface area contributed by atoms with E-state index in [-0.39, 0.29) is 5.82 Å². The molecule has 3 nitrogen and oxygen atoms in total. The molecule has 1 aromatic heterocycles. The molecule has 0 aliphatic heterocycles. The van der Waals surface area contributed by atoms with Gasteiger partial charge in [0.05, 0.1) is 5.69 Å². The van der Waals surface area contributed by atoms with Crippen LogP contribution in [-0.2, 0) is 13.0 Å². The average Bonchev–Trinajstić information content (AvgIpc) is 3.02. The SMILES string of the molecule is Fc1ccc2c(c1)Cc1c(NCc3cc(Cl)cc(Cl)c3)n[nH]c1-2. The molecule has 116 valence electrons. The van der Waals surface area contributed by atoms with Gasteiger partial charge in [-0.05, 0) is 47.5 Å². The Morgan fingerprint density at radius 3 is 2.70 bits per heavy atom. The standard InChI is InChI=1S/C17H12Cl2FN3/c18-11-3-9(4-12(19)7-11)8-21-17-15-6-10-5-13(20)1-2-14(10)16(15)22-23-17/h1-5,7H,6,8H2,(H2,21,22,23). The van der Waals surface area contributed by atoms with E-state index in [2.05, 4.69) is 15.5 Å². The summed E-state index contributed by atoms with van der Waals surface area (Å²) < 4.78 is 13.4. The van der Waals surface area contributed by atoms with Gasteiger partial charge in [0.25, 0.3) is 0 Å². The Morgan fingerprint density at radius 1 is 1.13 bits per heavy atom. The van der Waals surface area contributed by atoms with E-state index in [0.29, 0.717) is 23.0 Å². The molecule has 4 rings (SSSR count). The van der Waals surface area contributed by atoms with Crippen molar-refractivity contribution in [3.05, 3.63) is 69.0 Å². The van der Waals surface area contributed by atoms with Crippen molar-refractivity contribution in [2.75, 3.05) is 5.32 Å². The number of hydrogen-bond acceptors (Lipinski definition) is 2. The van der Waals surface area contributed by atoms with Crippen LogP contribution in [0.1, 0.15) is 16.7 Å². The Balaban J connectivity index is 1.58. The van der Waals surface area contributed by atoms with Crippen LogP contribution < -0.4 is 5.32 Å². The highest BCUT2D eigenvalue weighted by molar-refractivity contribution is 6.34. The van der Waals surface area contributed by atoms with Gasteiger partial charge in [-0.15, -0.1) is 0 Å². The highest BCUT2D eigenvalue weighted by Gasteiger charge is 2.24. The molecule has 6 heteroatoms. The quantitative estimate of drug-likeness (QED) is 0.545. The number of aromatic nitrogens is 2. The third-order valence-corrected chi connectivity index (χ3v) is 4.39. The topological polar surface area (TPSA) is 40.7 Å². The zero-order valence-corrected chi connectivity index (χ0v) is 13.5. The molecule has 1 aliphatic rings. The summed E-state index contributed by atoms with van der Waals surface area (Å²) in [5.74, 6) is 0.553. The highest BCUT2D eigenvalue weighted by atomic mass is 35.5. The van der Waals surface area contributed by atoms with Crippen LogP contribution in [0.3, 0.4) is 0 Å². The fourth-order valence-corrected chi connectivity index (χ4v) is 3.52. The molecule has 0 fully saturated rings. The first kappa shape index (κ1) is 14.5. The number of H-pyrrole nitrogens is 1. The number of fused-ring (bicyclic) bond motifs is 3. The lowest BCUT2D eigenvalue weighted by Crippen LogP contribution is -2.02.